The van der Waals surface area contributed by atoms with E-state index < -0.39 is 23.3 Å². The van der Waals surface area contributed by atoms with Gasteiger partial charge in [0.15, 0.2) is 5.54 Å². The summed E-state index contributed by atoms with van der Waals surface area (Å²) in [6.07, 6.45) is 1.65. The fourth-order valence-electron chi connectivity index (χ4n) is 3.57. The van der Waals surface area contributed by atoms with E-state index in [9.17, 15) is 14.4 Å². The number of carbonyl (C=O) groups is 3. The van der Waals surface area contributed by atoms with E-state index in [1.165, 1.54) is 0 Å². The summed E-state index contributed by atoms with van der Waals surface area (Å²) < 4.78 is 0. The highest BCUT2D eigenvalue weighted by Crippen LogP contribution is 2.47. The zero-order valence-corrected chi connectivity index (χ0v) is 16.2. The van der Waals surface area contributed by atoms with Crippen molar-refractivity contribution in [1.82, 2.24) is 5.01 Å². The molecule has 29 heavy (non-hydrogen) atoms. The number of fused-ring (bicyclic) bond motifs is 2. The highest BCUT2D eigenvalue weighted by Gasteiger charge is 2.57. The summed E-state index contributed by atoms with van der Waals surface area (Å²) in [6, 6.07) is 11.8. The minimum atomic E-state index is -1.44. The normalized spacial score (nSPS) is 20.1. The second-order valence-corrected chi connectivity index (χ2v) is 7.37. The summed E-state index contributed by atoms with van der Waals surface area (Å²) in [5.41, 5.74) is 0.650. The molecule has 9 heteroatoms. The van der Waals surface area contributed by atoms with Gasteiger partial charge in [0.2, 0.25) is 0 Å². The van der Waals surface area contributed by atoms with Crippen LogP contribution in [0.25, 0.3) is 0 Å². The molecule has 0 bridgehead atoms. The molecule has 2 aromatic rings. The Balaban J connectivity index is 1.86. The molecule has 0 radical (unpaired) electrons. The Morgan fingerprint density at radius 3 is 2.66 bits per heavy atom. The van der Waals surface area contributed by atoms with Gasteiger partial charge in [-0.25, -0.2) is 9.80 Å². The minimum absolute atomic E-state index is 0.0733. The van der Waals surface area contributed by atoms with Gasteiger partial charge in [0.05, 0.1) is 10.7 Å². The molecule has 0 unspecified atom stereocenters. The van der Waals surface area contributed by atoms with Crippen molar-refractivity contribution in [3.63, 3.8) is 0 Å². The summed E-state index contributed by atoms with van der Waals surface area (Å²) in [7, 11) is 0. The molecule has 7 nitrogen and oxygen atoms in total. The van der Waals surface area contributed by atoms with E-state index in [1.807, 2.05) is 0 Å². The van der Waals surface area contributed by atoms with Gasteiger partial charge in [0.1, 0.15) is 0 Å². The minimum Gasteiger partial charge on any atom is -0.478 e. The number of carbonyl (C=O) groups excluding carboxylic acids is 2. The van der Waals surface area contributed by atoms with Crippen LogP contribution >= 0.6 is 23.2 Å². The maximum absolute atomic E-state index is 13.1. The van der Waals surface area contributed by atoms with Crippen molar-refractivity contribution in [2.24, 2.45) is 5.10 Å². The van der Waals surface area contributed by atoms with Crippen molar-refractivity contribution in [3.8, 4) is 0 Å². The standard InChI is InChI=1S/C20H13Cl2N3O4/c21-11-5-6-12(14(22)9-11)16-10-20(25(24-16)17(26)7-8-18(27)28)13-3-1-2-4-15(13)23-19(20)29/h1-9H,10H2,(H,23,29)(H,27,28)/b8-7+/t20-/m0/s1. The summed E-state index contributed by atoms with van der Waals surface area (Å²) in [5.74, 6) is -2.45. The van der Waals surface area contributed by atoms with Crippen LogP contribution < -0.4 is 5.32 Å². The van der Waals surface area contributed by atoms with Crippen LogP contribution in [0.2, 0.25) is 10.0 Å². The van der Waals surface area contributed by atoms with Gasteiger partial charge in [-0.1, -0.05) is 47.5 Å². The highest BCUT2D eigenvalue weighted by atomic mass is 35.5. The van der Waals surface area contributed by atoms with Crippen molar-refractivity contribution in [2.45, 2.75) is 12.0 Å². The molecule has 2 N–H and O–H groups in total. The number of hydrogen-bond donors (Lipinski definition) is 2. The maximum Gasteiger partial charge on any atom is 0.328 e. The number of hydrogen-bond acceptors (Lipinski definition) is 4. The molecule has 1 spiro atoms. The lowest BCUT2D eigenvalue weighted by atomic mass is 9.85. The van der Waals surface area contributed by atoms with Crippen LogP contribution in [0.15, 0.2) is 59.7 Å². The molecular formula is C20H13Cl2N3O4. The number of rotatable bonds is 3. The lowest BCUT2D eigenvalue weighted by molar-refractivity contribution is -0.140. The molecule has 2 amide bonds. The molecular weight excluding hydrogens is 417 g/mol. The zero-order valence-electron chi connectivity index (χ0n) is 14.7. The first-order valence-electron chi connectivity index (χ1n) is 8.52. The number of nitrogens with zero attached hydrogens (tertiary/aromatic N) is 2. The fourth-order valence-corrected chi connectivity index (χ4v) is 4.09. The Bertz CT molecular complexity index is 1130. The predicted octanol–water partition coefficient (Wildman–Crippen LogP) is 3.42. The highest BCUT2D eigenvalue weighted by molar-refractivity contribution is 6.37. The first kappa shape index (κ1) is 19.2. The molecule has 4 rings (SSSR count). The maximum atomic E-state index is 13.1. The smallest absolute Gasteiger partial charge is 0.328 e. The number of para-hydroxylation sites is 1. The van der Waals surface area contributed by atoms with Gasteiger partial charge in [-0.2, -0.15) is 5.10 Å². The number of anilines is 1. The van der Waals surface area contributed by atoms with Gasteiger partial charge >= 0.3 is 5.97 Å². The monoisotopic (exact) mass is 429 g/mol. The third kappa shape index (κ3) is 3.08. The van der Waals surface area contributed by atoms with Crippen LogP contribution in [0.5, 0.6) is 0 Å². The lowest BCUT2D eigenvalue weighted by Crippen LogP contribution is -2.48. The number of carboxylic acid groups (broad SMARTS) is 1. The van der Waals surface area contributed by atoms with E-state index in [0.717, 1.165) is 11.1 Å². The van der Waals surface area contributed by atoms with Gasteiger partial charge < -0.3 is 10.4 Å². The molecule has 2 aromatic carbocycles. The van der Waals surface area contributed by atoms with Gasteiger partial charge in [0, 0.05) is 40.4 Å². The van der Waals surface area contributed by atoms with Gasteiger partial charge in [0.25, 0.3) is 11.8 Å². The van der Waals surface area contributed by atoms with Crippen LogP contribution in [-0.4, -0.2) is 33.6 Å². The van der Waals surface area contributed by atoms with Crippen LogP contribution in [0.3, 0.4) is 0 Å². The Hall–Kier alpha value is -3.16. The number of amides is 2. The fraction of sp³-hybridized carbons (Fsp3) is 0.100. The van der Waals surface area contributed by atoms with Gasteiger partial charge in [-0.3, -0.25) is 9.59 Å². The Kier molecular flexibility index (Phi) is 4.64. The van der Waals surface area contributed by atoms with Crippen molar-refractivity contribution < 1.29 is 19.5 Å². The average molecular weight is 430 g/mol. The van der Waals surface area contributed by atoms with E-state index in [2.05, 4.69) is 10.4 Å². The molecule has 146 valence electrons. The van der Waals surface area contributed by atoms with Gasteiger partial charge in [-0.15, -0.1) is 0 Å². The van der Waals surface area contributed by atoms with Crippen molar-refractivity contribution in [2.75, 3.05) is 5.32 Å². The first-order valence-corrected chi connectivity index (χ1v) is 9.27. The van der Waals surface area contributed by atoms with E-state index >= 15 is 0 Å². The Morgan fingerprint density at radius 2 is 1.93 bits per heavy atom. The van der Waals surface area contributed by atoms with Crippen LogP contribution in [0.4, 0.5) is 5.69 Å². The molecule has 1 atom stereocenters. The third-order valence-corrected chi connectivity index (χ3v) is 5.37. The second-order valence-electron chi connectivity index (χ2n) is 6.53. The third-order valence-electron chi connectivity index (χ3n) is 4.82. The van der Waals surface area contributed by atoms with Crippen molar-refractivity contribution in [3.05, 3.63) is 75.8 Å². The van der Waals surface area contributed by atoms with E-state index in [-0.39, 0.29) is 6.42 Å². The topological polar surface area (TPSA) is 99.1 Å². The van der Waals surface area contributed by atoms with Crippen LogP contribution in [0.1, 0.15) is 17.5 Å². The van der Waals surface area contributed by atoms with E-state index in [0.29, 0.717) is 38.6 Å². The number of halogens is 2. The SMILES string of the molecule is O=C(O)/C=C/C(=O)N1N=C(c2ccc(Cl)cc2Cl)C[C@]12C(=O)Nc1ccccc12. The summed E-state index contributed by atoms with van der Waals surface area (Å²) >= 11 is 12.3. The molecule has 0 aliphatic carbocycles. The number of nitrogens with one attached hydrogen (secondary N) is 1. The summed E-state index contributed by atoms with van der Waals surface area (Å²) in [4.78, 5) is 36.7. The van der Waals surface area contributed by atoms with E-state index in [1.54, 1.807) is 42.5 Å². The summed E-state index contributed by atoms with van der Waals surface area (Å²) in [6.45, 7) is 0. The Morgan fingerprint density at radius 1 is 1.17 bits per heavy atom. The predicted molar refractivity (Wildman–Crippen MR) is 108 cm³/mol. The second kappa shape index (κ2) is 7.02. The number of benzene rings is 2. The number of aliphatic carboxylic acids is 1. The molecule has 0 saturated heterocycles. The molecule has 2 heterocycles. The zero-order chi connectivity index (χ0) is 20.8. The first-order chi connectivity index (χ1) is 13.8. The molecule has 2 aliphatic rings. The lowest BCUT2D eigenvalue weighted by Gasteiger charge is -2.29. The van der Waals surface area contributed by atoms with E-state index in [4.69, 9.17) is 28.3 Å². The van der Waals surface area contributed by atoms with Crippen molar-refractivity contribution >= 4 is 52.4 Å². The molecule has 0 fully saturated rings. The number of carboxylic acids is 1. The average Bonchev–Trinajstić information content (AvgIpc) is 3.20. The molecule has 0 saturated carbocycles. The Labute approximate surface area is 175 Å². The van der Waals surface area contributed by atoms with Crippen LogP contribution in [0, 0.1) is 0 Å². The molecule has 0 aromatic heterocycles. The van der Waals surface area contributed by atoms with Gasteiger partial charge in [-0.05, 0) is 18.2 Å². The van der Waals surface area contributed by atoms with Crippen LogP contribution in [-0.2, 0) is 19.9 Å². The number of hydrazone groups is 1. The molecule has 2 aliphatic heterocycles. The largest absolute Gasteiger partial charge is 0.478 e. The summed E-state index contributed by atoms with van der Waals surface area (Å²) in [5, 5.41) is 17.8. The quantitative estimate of drug-likeness (QED) is 0.729. The van der Waals surface area contributed by atoms with Crippen molar-refractivity contribution in [1.29, 1.82) is 0 Å².